The van der Waals surface area contributed by atoms with Gasteiger partial charge in [-0.05, 0) is 12.5 Å². The Kier molecular flexibility index (Phi) is 3.15. The largest absolute Gasteiger partial charge is 0.350 e. The zero-order valence-corrected chi connectivity index (χ0v) is 11.0. The average Bonchev–Trinajstić information content (AvgIpc) is 2.65. The highest BCUT2D eigenvalue weighted by Gasteiger charge is 2.19. The van der Waals surface area contributed by atoms with E-state index in [9.17, 15) is 4.79 Å². The summed E-state index contributed by atoms with van der Waals surface area (Å²) in [5.41, 5.74) is 1.91. The Morgan fingerprint density at radius 3 is 2.81 bits per heavy atom. The van der Waals surface area contributed by atoms with E-state index in [1.807, 2.05) is 49.0 Å². The van der Waals surface area contributed by atoms with E-state index in [1.54, 1.807) is 0 Å². The normalized spacial score (nSPS) is 12.9. The van der Waals surface area contributed by atoms with Crippen molar-refractivity contribution in [3.8, 4) is 0 Å². The molecule has 0 saturated carbocycles. The second kappa shape index (κ2) is 4.42. The Labute approximate surface area is 103 Å². The number of carbonyl (C=O) groups excluding carboxylic acids is 1. The van der Waals surface area contributed by atoms with E-state index in [1.165, 1.54) is 0 Å². The predicted octanol–water partition coefficient (Wildman–Crippen LogP) is 3.53. The molecule has 0 aliphatic rings. The number of ketones is 1. The second-order valence-corrected chi connectivity index (χ2v) is 5.02. The number of fused-ring (bicyclic) bond motifs is 1. The number of carbonyl (C=O) groups is 1. The summed E-state index contributed by atoms with van der Waals surface area (Å²) in [6.07, 6.45) is 2.72. The molecule has 0 radical (unpaired) electrons. The number of alkyl halides is 1. The van der Waals surface area contributed by atoms with E-state index in [-0.39, 0.29) is 10.6 Å². The number of aromatic nitrogens is 1. The Balaban J connectivity index is 2.57. The number of nitrogens with zero attached hydrogens (tertiary/aromatic N) is 1. The van der Waals surface area contributed by atoms with Crippen LogP contribution in [0.15, 0.2) is 30.5 Å². The first-order chi connectivity index (χ1) is 7.65. The molecule has 0 saturated heterocycles. The van der Waals surface area contributed by atoms with Gasteiger partial charge in [0.05, 0.1) is 4.83 Å². The van der Waals surface area contributed by atoms with Gasteiger partial charge in [-0.1, -0.05) is 41.1 Å². The summed E-state index contributed by atoms with van der Waals surface area (Å²) in [5.74, 6) is 0.166. The van der Waals surface area contributed by atoms with E-state index in [4.69, 9.17) is 0 Å². The van der Waals surface area contributed by atoms with Crippen molar-refractivity contribution >= 4 is 32.6 Å². The molecule has 0 fully saturated rings. The van der Waals surface area contributed by atoms with Gasteiger partial charge in [0, 0.05) is 29.7 Å². The van der Waals surface area contributed by atoms with Gasteiger partial charge < -0.3 is 4.57 Å². The Bertz CT molecular complexity index is 530. The number of hydrogen-bond donors (Lipinski definition) is 0. The minimum absolute atomic E-state index is 0.0849. The zero-order valence-electron chi connectivity index (χ0n) is 9.40. The van der Waals surface area contributed by atoms with Crippen molar-refractivity contribution in [1.29, 1.82) is 0 Å². The van der Waals surface area contributed by atoms with Crippen molar-refractivity contribution in [1.82, 2.24) is 4.57 Å². The fourth-order valence-corrected chi connectivity index (χ4v) is 2.14. The molecule has 2 nitrogen and oxygen atoms in total. The molecule has 1 heterocycles. The summed E-state index contributed by atoms with van der Waals surface area (Å²) >= 11 is 3.42. The molecule has 3 heteroatoms. The number of para-hydroxylation sites is 1. The lowest BCUT2D eigenvalue weighted by molar-refractivity contribution is 0.0991. The monoisotopic (exact) mass is 279 g/mol. The SMILES string of the molecule is CCC(Br)C(=O)c1cn(C)c2ccccc12. The van der Waals surface area contributed by atoms with Gasteiger partial charge in [0.25, 0.3) is 0 Å². The highest BCUT2D eigenvalue weighted by Crippen LogP contribution is 2.23. The van der Waals surface area contributed by atoms with Gasteiger partial charge in [-0.3, -0.25) is 4.79 Å². The van der Waals surface area contributed by atoms with Crippen LogP contribution in [-0.2, 0) is 7.05 Å². The smallest absolute Gasteiger partial charge is 0.178 e. The predicted molar refractivity (Wildman–Crippen MR) is 70.3 cm³/mol. The number of halogens is 1. The molecule has 1 aromatic heterocycles. The minimum atomic E-state index is -0.0849. The Morgan fingerprint density at radius 1 is 1.44 bits per heavy atom. The summed E-state index contributed by atoms with van der Waals surface area (Å²) in [7, 11) is 1.97. The number of Topliss-reactive ketones (excluding diaryl/α,β-unsaturated/α-hetero) is 1. The van der Waals surface area contributed by atoms with Crippen molar-refractivity contribution < 1.29 is 4.79 Å². The molecule has 1 unspecified atom stereocenters. The lowest BCUT2D eigenvalue weighted by Gasteiger charge is -2.03. The van der Waals surface area contributed by atoms with Crippen molar-refractivity contribution in [2.45, 2.75) is 18.2 Å². The molecule has 0 spiro atoms. The number of hydrogen-bond acceptors (Lipinski definition) is 1. The maximum absolute atomic E-state index is 12.1. The van der Waals surface area contributed by atoms with Gasteiger partial charge >= 0.3 is 0 Å². The van der Waals surface area contributed by atoms with Crippen LogP contribution in [0.1, 0.15) is 23.7 Å². The highest BCUT2D eigenvalue weighted by molar-refractivity contribution is 9.10. The van der Waals surface area contributed by atoms with E-state index in [0.717, 1.165) is 22.9 Å². The lowest BCUT2D eigenvalue weighted by Crippen LogP contribution is -2.12. The molecule has 0 N–H and O–H groups in total. The number of rotatable bonds is 3. The molecule has 2 aromatic rings. The minimum Gasteiger partial charge on any atom is -0.350 e. The van der Waals surface area contributed by atoms with Crippen LogP contribution in [0.4, 0.5) is 0 Å². The average molecular weight is 280 g/mol. The van der Waals surface area contributed by atoms with Crippen LogP contribution in [0.25, 0.3) is 10.9 Å². The maximum Gasteiger partial charge on any atom is 0.178 e. The van der Waals surface area contributed by atoms with Crippen LogP contribution in [0, 0.1) is 0 Å². The summed E-state index contributed by atoms with van der Waals surface area (Å²) in [4.78, 5) is 12.1. The van der Waals surface area contributed by atoms with Gasteiger partial charge in [-0.15, -0.1) is 0 Å². The lowest BCUT2D eigenvalue weighted by atomic mass is 10.1. The van der Waals surface area contributed by atoms with Gasteiger partial charge in [0.2, 0.25) is 0 Å². The Hall–Kier alpha value is -1.09. The summed E-state index contributed by atoms with van der Waals surface area (Å²) in [5, 5.41) is 1.04. The fraction of sp³-hybridized carbons (Fsp3) is 0.308. The van der Waals surface area contributed by atoms with Gasteiger partial charge in [0.15, 0.2) is 5.78 Å². The molecule has 0 aliphatic heterocycles. The van der Waals surface area contributed by atoms with Crippen LogP contribution in [0.3, 0.4) is 0 Å². The van der Waals surface area contributed by atoms with Crippen LogP contribution >= 0.6 is 15.9 Å². The van der Waals surface area contributed by atoms with Crippen LogP contribution in [0.2, 0.25) is 0 Å². The first kappa shape index (κ1) is 11.4. The van der Waals surface area contributed by atoms with E-state index < -0.39 is 0 Å². The molecule has 1 atom stereocenters. The second-order valence-electron chi connectivity index (χ2n) is 3.91. The summed E-state index contributed by atoms with van der Waals surface area (Å²) in [6, 6.07) is 7.98. The molecule has 2 rings (SSSR count). The first-order valence-corrected chi connectivity index (χ1v) is 6.29. The van der Waals surface area contributed by atoms with Crippen LogP contribution < -0.4 is 0 Å². The van der Waals surface area contributed by atoms with Gasteiger partial charge in [0.1, 0.15) is 0 Å². The fourth-order valence-electron chi connectivity index (χ4n) is 1.89. The number of benzene rings is 1. The first-order valence-electron chi connectivity index (χ1n) is 5.37. The molecule has 0 aliphatic carbocycles. The highest BCUT2D eigenvalue weighted by atomic mass is 79.9. The molecule has 16 heavy (non-hydrogen) atoms. The number of aryl methyl sites for hydroxylation is 1. The quantitative estimate of drug-likeness (QED) is 0.622. The van der Waals surface area contributed by atoms with E-state index >= 15 is 0 Å². The summed E-state index contributed by atoms with van der Waals surface area (Å²) in [6.45, 7) is 2.00. The van der Waals surface area contributed by atoms with E-state index in [0.29, 0.717) is 0 Å². The molecular formula is C13H14BrNO. The Morgan fingerprint density at radius 2 is 2.12 bits per heavy atom. The van der Waals surface area contributed by atoms with E-state index in [2.05, 4.69) is 15.9 Å². The van der Waals surface area contributed by atoms with Crippen LogP contribution in [0.5, 0.6) is 0 Å². The molecule has 0 bridgehead atoms. The van der Waals surface area contributed by atoms with Crippen LogP contribution in [-0.4, -0.2) is 15.2 Å². The van der Waals surface area contributed by atoms with Crippen molar-refractivity contribution in [3.63, 3.8) is 0 Å². The van der Waals surface area contributed by atoms with Crippen molar-refractivity contribution in [2.24, 2.45) is 7.05 Å². The summed E-state index contributed by atoms with van der Waals surface area (Å²) < 4.78 is 2.00. The molecule has 84 valence electrons. The van der Waals surface area contributed by atoms with Crippen molar-refractivity contribution in [3.05, 3.63) is 36.0 Å². The third kappa shape index (κ3) is 1.80. The van der Waals surface area contributed by atoms with Gasteiger partial charge in [-0.2, -0.15) is 0 Å². The third-order valence-electron chi connectivity index (χ3n) is 2.81. The third-order valence-corrected chi connectivity index (χ3v) is 3.87. The standard InChI is InChI=1S/C13H14BrNO/c1-3-11(14)13(16)10-8-15(2)12-7-5-4-6-9(10)12/h4-8,11H,3H2,1-2H3. The topological polar surface area (TPSA) is 22.0 Å². The zero-order chi connectivity index (χ0) is 11.7. The molecule has 0 amide bonds. The van der Waals surface area contributed by atoms with Crippen molar-refractivity contribution in [2.75, 3.05) is 0 Å². The van der Waals surface area contributed by atoms with Gasteiger partial charge in [-0.25, -0.2) is 0 Å². The maximum atomic E-state index is 12.1. The molecule has 1 aromatic carbocycles. The molecular weight excluding hydrogens is 266 g/mol.